The molecule has 9 heteroatoms. The number of ether oxygens (including phenoxy) is 2. The van der Waals surface area contributed by atoms with Crippen molar-refractivity contribution in [2.75, 3.05) is 13.2 Å². The van der Waals surface area contributed by atoms with Crippen molar-refractivity contribution in [2.45, 2.75) is 187 Å². The van der Waals surface area contributed by atoms with Gasteiger partial charge in [0.2, 0.25) is 0 Å². The van der Waals surface area contributed by atoms with Crippen LogP contribution in [0.25, 0.3) is 0 Å². The van der Waals surface area contributed by atoms with Crippen molar-refractivity contribution in [3.8, 4) is 0 Å². The Balaban J connectivity index is 3.87. The lowest BCUT2D eigenvalue weighted by Gasteiger charge is -2.18. The van der Waals surface area contributed by atoms with Crippen LogP contribution >= 0.6 is 7.82 Å². The standard InChI is InChI=1S/C41H73O8P/c1-3-5-7-9-11-13-14-15-16-17-18-19-20-21-22-23-24-25-26-28-30-32-34-36-41(43)49-39(38-48-50(44,45)46)37-47-40(42)35-33-31-29-27-12-10-8-6-4-2/h5,7,11,13,15-16,18-19,39H,3-4,6,8-10,12,14,17,20-38H2,1-2H3,(H2,44,45,46)/b7-5-,13-11-,16-15-,19-18-. The zero-order valence-electron chi connectivity index (χ0n) is 31.8. The van der Waals surface area contributed by atoms with Crippen molar-refractivity contribution in [2.24, 2.45) is 0 Å². The summed E-state index contributed by atoms with van der Waals surface area (Å²) in [4.78, 5) is 42.6. The van der Waals surface area contributed by atoms with Crippen LogP contribution in [0.2, 0.25) is 0 Å². The summed E-state index contributed by atoms with van der Waals surface area (Å²) in [5.74, 6) is -0.892. The number of phosphoric ester groups is 1. The number of carbonyl (C=O) groups excluding carboxylic acids is 2. The Bertz CT molecular complexity index is 952. The number of unbranched alkanes of at least 4 members (excludes halogenated alkanes) is 18. The van der Waals surface area contributed by atoms with E-state index in [1.807, 2.05) is 0 Å². The van der Waals surface area contributed by atoms with Crippen LogP contribution < -0.4 is 0 Å². The lowest BCUT2D eigenvalue weighted by molar-refractivity contribution is -0.161. The average molecular weight is 725 g/mol. The molecule has 0 aromatic heterocycles. The van der Waals surface area contributed by atoms with Gasteiger partial charge in [0.05, 0.1) is 6.61 Å². The summed E-state index contributed by atoms with van der Waals surface area (Å²) in [7, 11) is -4.75. The van der Waals surface area contributed by atoms with Gasteiger partial charge >= 0.3 is 19.8 Å². The Morgan fingerprint density at radius 2 is 0.960 bits per heavy atom. The summed E-state index contributed by atoms with van der Waals surface area (Å²) in [5.41, 5.74) is 0. The second-order valence-electron chi connectivity index (χ2n) is 13.2. The van der Waals surface area contributed by atoms with Gasteiger partial charge in [0.15, 0.2) is 6.10 Å². The maximum absolute atomic E-state index is 12.4. The van der Waals surface area contributed by atoms with E-state index in [1.54, 1.807) is 0 Å². The number of phosphoric acid groups is 1. The van der Waals surface area contributed by atoms with Gasteiger partial charge in [0, 0.05) is 12.8 Å². The minimum Gasteiger partial charge on any atom is -0.462 e. The molecular formula is C41H73O8P. The Hall–Kier alpha value is -1.99. The van der Waals surface area contributed by atoms with Crippen molar-refractivity contribution in [1.82, 2.24) is 0 Å². The van der Waals surface area contributed by atoms with Crippen LogP contribution in [0.5, 0.6) is 0 Å². The van der Waals surface area contributed by atoms with Crippen LogP contribution in [-0.2, 0) is 28.2 Å². The van der Waals surface area contributed by atoms with E-state index in [0.29, 0.717) is 6.42 Å². The van der Waals surface area contributed by atoms with E-state index in [1.165, 1.54) is 77.0 Å². The highest BCUT2D eigenvalue weighted by Crippen LogP contribution is 2.36. The predicted molar refractivity (Wildman–Crippen MR) is 207 cm³/mol. The lowest BCUT2D eigenvalue weighted by Crippen LogP contribution is -2.29. The molecule has 0 aromatic rings. The molecule has 290 valence electrons. The molecule has 8 nitrogen and oxygen atoms in total. The van der Waals surface area contributed by atoms with E-state index in [2.05, 4.69) is 67.0 Å². The molecule has 0 spiro atoms. The maximum Gasteiger partial charge on any atom is 0.469 e. The van der Waals surface area contributed by atoms with Gasteiger partial charge in [-0.1, -0.05) is 165 Å². The average Bonchev–Trinajstić information content (AvgIpc) is 3.08. The van der Waals surface area contributed by atoms with Gasteiger partial charge in [0.25, 0.3) is 0 Å². The highest BCUT2D eigenvalue weighted by molar-refractivity contribution is 7.46. The maximum atomic E-state index is 12.4. The number of carbonyl (C=O) groups is 2. The monoisotopic (exact) mass is 725 g/mol. The van der Waals surface area contributed by atoms with Crippen molar-refractivity contribution in [3.63, 3.8) is 0 Å². The predicted octanol–water partition coefficient (Wildman–Crippen LogP) is 12.0. The summed E-state index contributed by atoms with van der Waals surface area (Å²) < 4.78 is 26.3. The fourth-order valence-corrected chi connectivity index (χ4v) is 5.78. The lowest BCUT2D eigenvalue weighted by atomic mass is 10.0. The smallest absolute Gasteiger partial charge is 0.462 e. The van der Waals surface area contributed by atoms with Gasteiger partial charge in [-0.25, -0.2) is 4.57 Å². The van der Waals surface area contributed by atoms with Crippen LogP contribution in [-0.4, -0.2) is 41.0 Å². The molecule has 1 atom stereocenters. The molecule has 0 aliphatic carbocycles. The minimum absolute atomic E-state index is 0.206. The van der Waals surface area contributed by atoms with Gasteiger partial charge in [-0.05, 0) is 51.4 Å². The van der Waals surface area contributed by atoms with E-state index < -0.39 is 32.5 Å². The van der Waals surface area contributed by atoms with Gasteiger partial charge in [-0.2, -0.15) is 0 Å². The van der Waals surface area contributed by atoms with Crippen LogP contribution in [0.4, 0.5) is 0 Å². The van der Waals surface area contributed by atoms with Crippen molar-refractivity contribution in [3.05, 3.63) is 48.6 Å². The minimum atomic E-state index is -4.75. The molecule has 0 aliphatic rings. The van der Waals surface area contributed by atoms with E-state index in [0.717, 1.165) is 70.6 Å². The molecule has 0 rings (SSSR count). The zero-order valence-corrected chi connectivity index (χ0v) is 32.7. The van der Waals surface area contributed by atoms with Crippen LogP contribution in [0.15, 0.2) is 48.6 Å². The molecule has 0 heterocycles. The quantitative estimate of drug-likeness (QED) is 0.0284. The first-order valence-corrected chi connectivity index (χ1v) is 21.5. The third-order valence-electron chi connectivity index (χ3n) is 8.36. The third kappa shape index (κ3) is 38.8. The summed E-state index contributed by atoms with van der Waals surface area (Å²) in [6.07, 6.45) is 44.1. The molecule has 0 aromatic carbocycles. The number of esters is 2. The van der Waals surface area contributed by atoms with E-state index in [-0.39, 0.29) is 19.4 Å². The van der Waals surface area contributed by atoms with Crippen molar-refractivity contribution < 1.29 is 37.9 Å². The van der Waals surface area contributed by atoms with E-state index in [4.69, 9.17) is 19.3 Å². The van der Waals surface area contributed by atoms with Gasteiger partial charge in [-0.3, -0.25) is 14.1 Å². The molecular weight excluding hydrogens is 651 g/mol. The summed E-state index contributed by atoms with van der Waals surface area (Å²) in [6.45, 7) is 3.54. The highest BCUT2D eigenvalue weighted by Gasteiger charge is 2.22. The highest BCUT2D eigenvalue weighted by atomic mass is 31.2. The molecule has 2 N–H and O–H groups in total. The number of rotatable bonds is 36. The first-order chi connectivity index (χ1) is 24.3. The number of hydrogen-bond donors (Lipinski definition) is 2. The largest absolute Gasteiger partial charge is 0.469 e. The van der Waals surface area contributed by atoms with Gasteiger partial charge in [0.1, 0.15) is 6.61 Å². The topological polar surface area (TPSA) is 119 Å². The molecule has 1 unspecified atom stereocenters. The van der Waals surface area contributed by atoms with Gasteiger partial charge in [-0.15, -0.1) is 0 Å². The second-order valence-corrected chi connectivity index (χ2v) is 14.5. The van der Waals surface area contributed by atoms with Crippen LogP contribution in [0, 0.1) is 0 Å². The first-order valence-electron chi connectivity index (χ1n) is 19.9. The summed E-state index contributed by atoms with van der Waals surface area (Å²) in [5, 5.41) is 0. The molecule has 0 saturated heterocycles. The summed E-state index contributed by atoms with van der Waals surface area (Å²) >= 11 is 0. The van der Waals surface area contributed by atoms with Crippen LogP contribution in [0.3, 0.4) is 0 Å². The van der Waals surface area contributed by atoms with Gasteiger partial charge < -0.3 is 19.3 Å². The normalized spacial score (nSPS) is 13.0. The second kappa shape index (κ2) is 36.8. The molecule has 0 fully saturated rings. The summed E-state index contributed by atoms with van der Waals surface area (Å²) in [6, 6.07) is 0. The van der Waals surface area contributed by atoms with Crippen LogP contribution in [0.1, 0.15) is 181 Å². The van der Waals surface area contributed by atoms with Crippen molar-refractivity contribution in [1.29, 1.82) is 0 Å². The SMILES string of the molecule is CC/C=C\C/C=C\C/C=C\C/C=C\CCCCCCCCCCCCC(=O)OC(COC(=O)CCCCCCCCCCC)COP(=O)(O)O. The Kier molecular flexibility index (Phi) is 35.3. The molecule has 0 amide bonds. The number of hydrogen-bond acceptors (Lipinski definition) is 6. The fourth-order valence-electron chi connectivity index (χ4n) is 5.42. The van der Waals surface area contributed by atoms with Crippen molar-refractivity contribution >= 4 is 19.8 Å². The first kappa shape index (κ1) is 48.0. The molecule has 0 bridgehead atoms. The molecule has 0 saturated carbocycles. The molecule has 50 heavy (non-hydrogen) atoms. The van der Waals surface area contributed by atoms with E-state index in [9.17, 15) is 14.2 Å². The molecule has 0 aliphatic heterocycles. The number of allylic oxidation sites excluding steroid dienone is 8. The molecule has 0 radical (unpaired) electrons. The third-order valence-corrected chi connectivity index (χ3v) is 8.85. The Morgan fingerprint density at radius 3 is 1.44 bits per heavy atom. The Morgan fingerprint density at radius 1 is 0.540 bits per heavy atom. The fraction of sp³-hybridized carbons (Fsp3) is 0.756. The van der Waals surface area contributed by atoms with E-state index >= 15 is 0 Å². The Labute approximate surface area is 305 Å². The zero-order chi connectivity index (χ0) is 36.8.